The number of methoxy groups -OCH3 is 1. The predicted octanol–water partition coefficient (Wildman–Crippen LogP) is 5.00. The summed E-state index contributed by atoms with van der Waals surface area (Å²) in [6.07, 6.45) is 9.52. The van der Waals surface area contributed by atoms with Crippen LogP contribution in [0.25, 0.3) is 0 Å². The molecular weight excluding hydrogens is 626 g/mol. The van der Waals surface area contributed by atoms with E-state index in [-0.39, 0.29) is 35.0 Å². The van der Waals surface area contributed by atoms with Gasteiger partial charge in [0, 0.05) is 48.3 Å². The van der Waals surface area contributed by atoms with Crippen molar-refractivity contribution in [2.75, 3.05) is 31.7 Å². The summed E-state index contributed by atoms with van der Waals surface area (Å²) in [6, 6.07) is 10.7. The van der Waals surface area contributed by atoms with Crippen LogP contribution in [0.3, 0.4) is 0 Å². The summed E-state index contributed by atoms with van der Waals surface area (Å²) < 4.78 is 43.5. The van der Waals surface area contributed by atoms with E-state index in [2.05, 4.69) is 21.8 Å². The Hall–Kier alpha value is -2.63. The molecule has 0 saturated heterocycles. The van der Waals surface area contributed by atoms with Crippen LogP contribution in [0.15, 0.2) is 48.6 Å². The van der Waals surface area contributed by atoms with Gasteiger partial charge in [0.1, 0.15) is 5.75 Å². The van der Waals surface area contributed by atoms with Gasteiger partial charge in [-0.3, -0.25) is 4.79 Å². The number of hydrogen-bond acceptors (Lipinski definition) is 7. The molecule has 2 aliphatic heterocycles. The van der Waals surface area contributed by atoms with Crippen molar-refractivity contribution in [2.24, 2.45) is 11.8 Å². The number of halogens is 1. The molecule has 5 aliphatic rings. The number of nitrogens with zero attached hydrogens (tertiary/aromatic N) is 2. The van der Waals surface area contributed by atoms with E-state index >= 15 is 0 Å². The van der Waals surface area contributed by atoms with Gasteiger partial charge in [-0.25, -0.2) is 4.72 Å². The van der Waals surface area contributed by atoms with E-state index in [4.69, 9.17) is 21.1 Å². The number of fused-ring (bicyclic) bond motifs is 4. The second-order valence-electron chi connectivity index (χ2n) is 14.0. The molecule has 0 unspecified atom stereocenters. The maximum absolute atomic E-state index is 13.8. The number of hydrogen-bond donors (Lipinski definition) is 2. The number of carbonyl (C=O) groups excluding carboxylic acids is 1. The first kappa shape index (κ1) is 31.9. The predicted molar refractivity (Wildman–Crippen MR) is 178 cm³/mol. The Bertz CT molecular complexity index is 1630. The van der Waals surface area contributed by atoms with Gasteiger partial charge in [-0.15, -0.1) is 0 Å². The minimum Gasteiger partial charge on any atom is -0.490 e. The number of carbonyl (C=O) groups is 1. The van der Waals surface area contributed by atoms with Gasteiger partial charge >= 0.3 is 10.2 Å². The number of anilines is 1. The first-order valence-corrected chi connectivity index (χ1v) is 18.4. The smallest absolute Gasteiger partial charge is 0.304 e. The highest BCUT2D eigenvalue weighted by atomic mass is 35.5. The molecule has 5 atom stereocenters. The molecule has 2 fully saturated rings. The molecule has 1 spiro atoms. The topological polar surface area (TPSA) is 108 Å². The Morgan fingerprint density at radius 2 is 1.98 bits per heavy atom. The number of aryl methyl sites for hydroxylation is 1. The average Bonchev–Trinajstić information content (AvgIpc) is 3.12. The van der Waals surface area contributed by atoms with Gasteiger partial charge in [0.15, 0.2) is 0 Å². The van der Waals surface area contributed by atoms with Crippen LogP contribution >= 0.6 is 11.6 Å². The lowest BCUT2D eigenvalue weighted by molar-refractivity contribution is -0.0110. The summed E-state index contributed by atoms with van der Waals surface area (Å²) in [5, 5.41) is 12.0. The molecule has 1 amide bonds. The highest BCUT2D eigenvalue weighted by Gasteiger charge is 2.45. The maximum atomic E-state index is 13.8. The summed E-state index contributed by atoms with van der Waals surface area (Å²) >= 11 is 6.41. The monoisotopic (exact) mass is 669 g/mol. The molecule has 7 rings (SSSR count). The number of aliphatic hydroxyl groups excluding tert-OH is 1. The number of benzene rings is 2. The van der Waals surface area contributed by atoms with Crippen LogP contribution in [0, 0.1) is 11.8 Å². The SMILES string of the molecule is COC1CC(N2[C@@H](C)C/C=C\[C@H](O)[C@@H]3CC[C@H]3CN3C[C@@]4(CCCc5cc(Cl)ccc54)COc4ccc(cc43)C(=O)NS2(=O)=O)C1. The van der Waals surface area contributed by atoms with Gasteiger partial charge in [-0.1, -0.05) is 29.8 Å². The molecule has 11 heteroatoms. The Balaban J connectivity index is 1.27. The van der Waals surface area contributed by atoms with Gasteiger partial charge in [-0.2, -0.15) is 12.7 Å². The number of ether oxygens (including phenoxy) is 2. The largest absolute Gasteiger partial charge is 0.490 e. The fourth-order valence-corrected chi connectivity index (χ4v) is 10.2. The number of amides is 1. The molecule has 0 aromatic heterocycles. The molecule has 2 heterocycles. The van der Waals surface area contributed by atoms with Gasteiger partial charge in [0.2, 0.25) is 0 Å². The van der Waals surface area contributed by atoms with Crippen molar-refractivity contribution in [1.82, 2.24) is 9.03 Å². The third-order valence-electron chi connectivity index (χ3n) is 11.2. The van der Waals surface area contributed by atoms with E-state index < -0.39 is 28.3 Å². The normalized spacial score (nSPS) is 35.0. The molecule has 2 aromatic rings. The molecule has 9 nitrogen and oxygen atoms in total. The van der Waals surface area contributed by atoms with E-state index in [0.29, 0.717) is 44.7 Å². The average molecular weight is 670 g/mol. The van der Waals surface area contributed by atoms with Crippen LogP contribution in [-0.2, 0) is 26.8 Å². The zero-order valence-electron chi connectivity index (χ0n) is 26.5. The van der Waals surface area contributed by atoms with Crippen molar-refractivity contribution in [1.29, 1.82) is 0 Å². The second kappa shape index (κ2) is 12.4. The van der Waals surface area contributed by atoms with E-state index in [1.54, 1.807) is 25.3 Å². The highest BCUT2D eigenvalue weighted by molar-refractivity contribution is 7.87. The Kier molecular flexibility index (Phi) is 8.63. The summed E-state index contributed by atoms with van der Waals surface area (Å²) in [5.74, 6) is 0.362. The number of rotatable bonds is 2. The first-order valence-electron chi connectivity index (χ1n) is 16.6. The molecule has 3 aliphatic carbocycles. The van der Waals surface area contributed by atoms with Crippen molar-refractivity contribution in [3.8, 4) is 5.75 Å². The summed E-state index contributed by atoms with van der Waals surface area (Å²) in [6.45, 7) is 3.72. The van der Waals surface area contributed by atoms with Crippen LogP contribution in [0.4, 0.5) is 5.69 Å². The molecule has 2 N–H and O–H groups in total. The van der Waals surface area contributed by atoms with Crippen molar-refractivity contribution in [3.63, 3.8) is 0 Å². The molecule has 0 radical (unpaired) electrons. The fraction of sp³-hybridized carbons (Fsp3) is 0.571. The summed E-state index contributed by atoms with van der Waals surface area (Å²) in [4.78, 5) is 16.0. The first-order chi connectivity index (χ1) is 22.1. The molecular formula is C35H44ClN3O6S. The second-order valence-corrected chi connectivity index (χ2v) is 16.1. The highest BCUT2D eigenvalue weighted by Crippen LogP contribution is 2.47. The molecule has 2 aromatic carbocycles. The van der Waals surface area contributed by atoms with Gasteiger partial charge in [0.05, 0.1) is 24.5 Å². The van der Waals surface area contributed by atoms with Crippen LogP contribution in [-0.4, -0.2) is 74.8 Å². The number of aliphatic hydroxyl groups is 1. The van der Waals surface area contributed by atoms with Crippen molar-refractivity contribution in [3.05, 3.63) is 70.3 Å². The lowest BCUT2D eigenvalue weighted by Crippen LogP contribution is -2.57. The van der Waals surface area contributed by atoms with Crippen LogP contribution in [0.5, 0.6) is 5.75 Å². The van der Waals surface area contributed by atoms with E-state index in [1.165, 1.54) is 15.4 Å². The zero-order chi connectivity index (χ0) is 32.2. The van der Waals surface area contributed by atoms with Crippen molar-refractivity contribution in [2.45, 2.75) is 88.0 Å². The van der Waals surface area contributed by atoms with Gasteiger partial charge in [0.25, 0.3) is 5.91 Å². The maximum Gasteiger partial charge on any atom is 0.304 e. The third kappa shape index (κ3) is 5.85. The third-order valence-corrected chi connectivity index (χ3v) is 13.1. The van der Waals surface area contributed by atoms with Gasteiger partial charge < -0.3 is 19.5 Å². The van der Waals surface area contributed by atoms with Crippen LogP contribution < -0.4 is 14.4 Å². The minimum atomic E-state index is -4.19. The number of nitrogens with one attached hydrogen (secondary N) is 1. The lowest BCUT2D eigenvalue weighted by atomic mass is 9.68. The van der Waals surface area contributed by atoms with Crippen LogP contribution in [0.2, 0.25) is 5.02 Å². The standard InChI is InChI=1S/C35H44ClN3O6S/c1-22-5-3-7-32(40)29-11-8-25(29)19-38-20-35(14-4-6-23-15-26(36)10-12-30(23)35)21-45-33-13-9-24(16-31(33)38)34(41)37-46(42,43)39(22)27-17-28(18-27)44-2/h3,7,9-10,12-13,15-16,22,25,27-29,32,40H,4-6,8,11,14,17-21H2,1-2H3,(H,37,41)/b7-3-/t22-,25-,27?,28?,29+,32-,35-/m0/s1. The van der Waals surface area contributed by atoms with E-state index in [9.17, 15) is 18.3 Å². The van der Waals surface area contributed by atoms with E-state index in [0.717, 1.165) is 42.8 Å². The molecule has 248 valence electrons. The summed E-state index contributed by atoms with van der Waals surface area (Å²) in [7, 11) is -2.56. The quantitative estimate of drug-likeness (QED) is 0.433. The zero-order valence-corrected chi connectivity index (χ0v) is 28.1. The van der Waals surface area contributed by atoms with Crippen molar-refractivity contribution >= 4 is 33.4 Å². The van der Waals surface area contributed by atoms with Crippen LogP contribution in [0.1, 0.15) is 73.4 Å². The van der Waals surface area contributed by atoms with Crippen molar-refractivity contribution < 1.29 is 27.8 Å². The Labute approximate surface area is 277 Å². The summed E-state index contributed by atoms with van der Waals surface area (Å²) in [5.41, 5.74) is 3.26. The fourth-order valence-electron chi connectivity index (χ4n) is 8.43. The Morgan fingerprint density at radius 1 is 1.15 bits per heavy atom. The minimum absolute atomic E-state index is 0.0108. The lowest BCUT2D eigenvalue weighted by Gasteiger charge is -2.45. The molecule has 46 heavy (non-hydrogen) atoms. The van der Waals surface area contributed by atoms with E-state index in [1.807, 2.05) is 25.1 Å². The molecule has 2 saturated carbocycles. The van der Waals surface area contributed by atoms with Gasteiger partial charge in [-0.05, 0) is 112 Å². The molecule has 2 bridgehead atoms. The Morgan fingerprint density at radius 3 is 2.74 bits per heavy atom.